The summed E-state index contributed by atoms with van der Waals surface area (Å²) in [5.41, 5.74) is 6.27. The molecule has 168 valence electrons. The van der Waals surface area contributed by atoms with Gasteiger partial charge in [-0.25, -0.2) is 0 Å². The first-order valence-corrected chi connectivity index (χ1v) is 11.6. The predicted octanol–water partition coefficient (Wildman–Crippen LogP) is 6.07. The van der Waals surface area contributed by atoms with Crippen LogP contribution in [0.5, 0.6) is 0 Å². The number of benzene rings is 2. The van der Waals surface area contributed by atoms with E-state index < -0.39 is 0 Å². The molecule has 0 spiro atoms. The first-order chi connectivity index (χ1) is 15.4. The molecule has 0 fully saturated rings. The Morgan fingerprint density at radius 2 is 1.59 bits per heavy atom. The van der Waals surface area contributed by atoms with Crippen molar-refractivity contribution in [3.8, 4) is 0 Å². The summed E-state index contributed by atoms with van der Waals surface area (Å²) in [5, 5.41) is 0. The number of nitrogens with zero attached hydrogens (tertiary/aromatic N) is 4. The van der Waals surface area contributed by atoms with Crippen LogP contribution < -0.4 is 0 Å². The Morgan fingerprint density at radius 1 is 0.938 bits per heavy atom. The fraction of sp³-hybridized carbons (Fsp3) is 0.357. The zero-order chi connectivity index (χ0) is 23.0. The molecule has 2 aliphatic heterocycles. The molecule has 0 bridgehead atoms. The third-order valence-electron chi connectivity index (χ3n) is 6.65. The molecular formula is C28H36N4. The van der Waals surface area contributed by atoms with Crippen LogP contribution in [-0.2, 0) is 6.54 Å². The summed E-state index contributed by atoms with van der Waals surface area (Å²) >= 11 is 0. The van der Waals surface area contributed by atoms with Gasteiger partial charge in [-0.15, -0.1) is 0 Å². The topological polar surface area (TPSA) is 13.0 Å². The molecule has 1 atom stereocenters. The lowest BCUT2D eigenvalue weighted by Crippen LogP contribution is -2.40. The van der Waals surface area contributed by atoms with E-state index in [2.05, 4.69) is 122 Å². The zero-order valence-corrected chi connectivity index (χ0v) is 20.2. The number of rotatable bonds is 6. The highest BCUT2D eigenvalue weighted by Crippen LogP contribution is 2.48. The van der Waals surface area contributed by atoms with Gasteiger partial charge in [-0.3, -0.25) is 0 Å². The van der Waals surface area contributed by atoms with Gasteiger partial charge >= 0.3 is 0 Å². The average molecular weight is 429 g/mol. The van der Waals surface area contributed by atoms with Crippen LogP contribution in [0.4, 0.5) is 0 Å². The highest BCUT2D eigenvalue weighted by atomic mass is 15.5. The van der Waals surface area contributed by atoms with Gasteiger partial charge in [-0.05, 0) is 29.0 Å². The molecule has 0 saturated heterocycles. The first kappa shape index (κ1) is 22.1. The standard InChI is InChI=1S/C28H36N4/c1-8-18-31-21(4)26-28(29(6)22(31)5)30(7)27(25-17-13-12-16-24(25)20(2)3)32(26)19-23-14-10-9-11-15-23/h9-17,20,27H,4-5,8,18-19H2,1-3,6-7H3. The average Bonchev–Trinajstić information content (AvgIpc) is 3.07. The van der Waals surface area contributed by atoms with Crippen molar-refractivity contribution < 1.29 is 0 Å². The third kappa shape index (κ3) is 3.58. The van der Waals surface area contributed by atoms with Crippen molar-refractivity contribution in [3.05, 3.63) is 107 Å². The molecule has 32 heavy (non-hydrogen) atoms. The van der Waals surface area contributed by atoms with E-state index in [1.165, 1.54) is 28.2 Å². The van der Waals surface area contributed by atoms with E-state index in [1.807, 2.05) is 0 Å². The van der Waals surface area contributed by atoms with Crippen LogP contribution in [0, 0.1) is 0 Å². The van der Waals surface area contributed by atoms with Gasteiger partial charge in [-0.2, -0.15) is 0 Å². The Balaban J connectivity index is 1.87. The molecule has 4 rings (SSSR count). The minimum Gasteiger partial charge on any atom is -0.338 e. The number of hydrogen-bond donors (Lipinski definition) is 0. The van der Waals surface area contributed by atoms with Gasteiger partial charge in [-0.1, -0.05) is 88.5 Å². The quantitative estimate of drug-likeness (QED) is 0.554. The summed E-state index contributed by atoms with van der Waals surface area (Å²) in [6, 6.07) is 19.6. The maximum Gasteiger partial charge on any atom is 0.137 e. The minimum absolute atomic E-state index is 0.0902. The second kappa shape index (κ2) is 8.78. The molecule has 0 saturated carbocycles. The molecule has 2 heterocycles. The van der Waals surface area contributed by atoms with Crippen LogP contribution in [0.15, 0.2) is 90.8 Å². The van der Waals surface area contributed by atoms with E-state index in [4.69, 9.17) is 0 Å². The molecule has 0 radical (unpaired) electrons. The fourth-order valence-corrected chi connectivity index (χ4v) is 5.10. The molecule has 0 N–H and O–H groups in total. The van der Waals surface area contributed by atoms with Crippen molar-refractivity contribution in [1.82, 2.24) is 19.6 Å². The smallest absolute Gasteiger partial charge is 0.137 e. The molecule has 1 unspecified atom stereocenters. The second-order valence-electron chi connectivity index (χ2n) is 9.13. The normalized spacial score (nSPS) is 18.9. The van der Waals surface area contributed by atoms with Crippen LogP contribution in [-0.4, -0.2) is 40.2 Å². The van der Waals surface area contributed by atoms with E-state index >= 15 is 0 Å². The van der Waals surface area contributed by atoms with Crippen molar-refractivity contribution >= 4 is 0 Å². The van der Waals surface area contributed by atoms with Crippen molar-refractivity contribution in [1.29, 1.82) is 0 Å². The molecule has 4 heteroatoms. The highest BCUT2D eigenvalue weighted by Gasteiger charge is 2.45. The van der Waals surface area contributed by atoms with Crippen molar-refractivity contribution in [3.63, 3.8) is 0 Å². The summed E-state index contributed by atoms with van der Waals surface area (Å²) in [4.78, 5) is 9.43. The second-order valence-corrected chi connectivity index (χ2v) is 9.13. The lowest BCUT2D eigenvalue weighted by atomic mass is 9.94. The van der Waals surface area contributed by atoms with E-state index in [9.17, 15) is 0 Å². The predicted molar refractivity (Wildman–Crippen MR) is 133 cm³/mol. The Kier molecular flexibility index (Phi) is 6.05. The maximum absolute atomic E-state index is 4.57. The van der Waals surface area contributed by atoms with Crippen molar-refractivity contribution in [2.45, 2.75) is 45.8 Å². The van der Waals surface area contributed by atoms with Crippen LogP contribution in [0.1, 0.15) is 56.0 Å². The fourth-order valence-electron chi connectivity index (χ4n) is 5.10. The summed E-state index contributed by atoms with van der Waals surface area (Å²) in [5.74, 6) is 2.61. The molecule has 0 aromatic heterocycles. The molecule has 2 aromatic carbocycles. The third-order valence-corrected chi connectivity index (χ3v) is 6.65. The number of hydrogen-bond acceptors (Lipinski definition) is 4. The first-order valence-electron chi connectivity index (χ1n) is 11.6. The van der Waals surface area contributed by atoms with E-state index in [0.29, 0.717) is 5.92 Å². The molecule has 0 aliphatic carbocycles. The highest BCUT2D eigenvalue weighted by molar-refractivity contribution is 5.45. The molecule has 4 nitrogen and oxygen atoms in total. The summed E-state index contributed by atoms with van der Waals surface area (Å²) < 4.78 is 0. The molecule has 2 aliphatic rings. The van der Waals surface area contributed by atoms with E-state index in [1.54, 1.807) is 0 Å². The van der Waals surface area contributed by atoms with Gasteiger partial charge in [0, 0.05) is 27.2 Å². The lowest BCUT2D eigenvalue weighted by Gasteiger charge is -2.41. The Labute approximate surface area is 193 Å². The van der Waals surface area contributed by atoms with Gasteiger partial charge < -0.3 is 19.6 Å². The lowest BCUT2D eigenvalue weighted by molar-refractivity contribution is 0.144. The van der Waals surface area contributed by atoms with Gasteiger partial charge in [0.05, 0.1) is 5.70 Å². The maximum atomic E-state index is 4.57. The summed E-state index contributed by atoms with van der Waals surface area (Å²) in [7, 11) is 4.33. The SMILES string of the molecule is C=C1C2=C(N(C)C(=C)N1CCC)N(C)C(c1ccccc1C(C)C)N2Cc1ccccc1. The Hall–Kier alpha value is -3.14. The van der Waals surface area contributed by atoms with Crippen LogP contribution >= 0.6 is 0 Å². The van der Waals surface area contributed by atoms with Crippen LogP contribution in [0.2, 0.25) is 0 Å². The van der Waals surface area contributed by atoms with Gasteiger partial charge in [0.1, 0.15) is 23.5 Å². The van der Waals surface area contributed by atoms with Gasteiger partial charge in [0.2, 0.25) is 0 Å². The molecule has 2 aromatic rings. The van der Waals surface area contributed by atoms with Crippen LogP contribution in [0.3, 0.4) is 0 Å². The Morgan fingerprint density at radius 3 is 2.25 bits per heavy atom. The van der Waals surface area contributed by atoms with Crippen molar-refractivity contribution in [2.24, 2.45) is 0 Å². The largest absolute Gasteiger partial charge is 0.338 e. The van der Waals surface area contributed by atoms with Gasteiger partial charge in [0.15, 0.2) is 0 Å². The van der Waals surface area contributed by atoms with E-state index in [0.717, 1.165) is 31.0 Å². The summed E-state index contributed by atoms with van der Waals surface area (Å²) in [6.07, 6.45) is 1.13. The zero-order valence-electron chi connectivity index (χ0n) is 20.2. The van der Waals surface area contributed by atoms with Gasteiger partial charge in [0.25, 0.3) is 0 Å². The van der Waals surface area contributed by atoms with Crippen molar-refractivity contribution in [2.75, 3.05) is 20.6 Å². The Bertz CT molecular complexity index is 1040. The monoisotopic (exact) mass is 428 g/mol. The minimum atomic E-state index is 0.0902. The molecule has 0 amide bonds. The van der Waals surface area contributed by atoms with E-state index in [-0.39, 0.29) is 6.17 Å². The molecular weight excluding hydrogens is 392 g/mol. The summed E-state index contributed by atoms with van der Waals surface area (Å²) in [6.45, 7) is 17.5. The van der Waals surface area contributed by atoms with Crippen LogP contribution in [0.25, 0.3) is 0 Å².